The highest BCUT2D eigenvalue weighted by Gasteiger charge is 2.31. The lowest BCUT2D eigenvalue weighted by molar-refractivity contribution is 0.0696. The monoisotopic (exact) mass is 313 g/mol. The minimum absolute atomic E-state index is 0.0624. The van der Waals surface area contributed by atoms with E-state index in [-0.39, 0.29) is 23.0 Å². The van der Waals surface area contributed by atoms with E-state index in [1.54, 1.807) is 5.38 Å². The van der Waals surface area contributed by atoms with Gasteiger partial charge in [0.05, 0.1) is 22.1 Å². The highest BCUT2D eigenvalue weighted by atomic mass is 32.2. The molecule has 1 aliphatic heterocycles. The second-order valence-electron chi connectivity index (χ2n) is 4.68. The highest BCUT2D eigenvalue weighted by molar-refractivity contribution is 7.91. The zero-order chi connectivity index (χ0) is 14.3. The number of carboxylic acids is 1. The van der Waals surface area contributed by atoms with Gasteiger partial charge in [-0.3, -0.25) is 0 Å². The fourth-order valence-electron chi connectivity index (χ4n) is 2.16. The Bertz CT molecular complexity index is 758. The van der Waals surface area contributed by atoms with Gasteiger partial charge in [0.15, 0.2) is 15.6 Å². The van der Waals surface area contributed by atoms with Crippen LogP contribution in [0.25, 0.3) is 11.5 Å². The molecule has 6 nitrogen and oxygen atoms in total. The second-order valence-corrected chi connectivity index (χ2v) is 7.79. The number of furan rings is 1. The predicted molar refractivity (Wildman–Crippen MR) is 72.8 cm³/mol. The van der Waals surface area contributed by atoms with Gasteiger partial charge >= 0.3 is 5.97 Å². The Balaban J connectivity index is 1.85. The van der Waals surface area contributed by atoms with Gasteiger partial charge in [0.2, 0.25) is 0 Å². The Labute approximate surface area is 119 Å². The second kappa shape index (κ2) is 4.71. The van der Waals surface area contributed by atoms with Gasteiger partial charge in [-0.05, 0) is 6.42 Å². The molecule has 0 aliphatic carbocycles. The molecular weight excluding hydrogens is 302 g/mol. The first kappa shape index (κ1) is 13.3. The molecule has 20 heavy (non-hydrogen) atoms. The van der Waals surface area contributed by atoms with Crippen LogP contribution < -0.4 is 0 Å². The molecule has 1 saturated heterocycles. The number of nitrogens with zero attached hydrogens (tertiary/aromatic N) is 1. The summed E-state index contributed by atoms with van der Waals surface area (Å²) in [4.78, 5) is 15.2. The molecule has 3 heterocycles. The maximum atomic E-state index is 11.5. The topological polar surface area (TPSA) is 97.5 Å². The van der Waals surface area contributed by atoms with E-state index < -0.39 is 15.8 Å². The largest absolute Gasteiger partial charge is 0.478 e. The first-order chi connectivity index (χ1) is 9.44. The Kier molecular flexibility index (Phi) is 3.14. The molecule has 0 saturated carbocycles. The molecule has 0 radical (unpaired) electrons. The summed E-state index contributed by atoms with van der Waals surface area (Å²) in [5.41, 5.74) is 0.611. The highest BCUT2D eigenvalue weighted by Crippen LogP contribution is 2.33. The molecule has 0 aromatic carbocycles. The maximum absolute atomic E-state index is 11.5. The number of hydrogen-bond donors (Lipinski definition) is 1. The smallest absolute Gasteiger partial charge is 0.338 e. The first-order valence-electron chi connectivity index (χ1n) is 5.93. The number of hydrogen-bond acceptors (Lipinski definition) is 6. The van der Waals surface area contributed by atoms with E-state index >= 15 is 0 Å². The Morgan fingerprint density at radius 2 is 2.30 bits per heavy atom. The van der Waals surface area contributed by atoms with Gasteiger partial charge in [-0.15, -0.1) is 11.3 Å². The minimum Gasteiger partial charge on any atom is -0.478 e. The quantitative estimate of drug-likeness (QED) is 0.930. The van der Waals surface area contributed by atoms with E-state index in [2.05, 4.69) is 4.98 Å². The van der Waals surface area contributed by atoms with Crippen molar-refractivity contribution in [3.63, 3.8) is 0 Å². The lowest BCUT2D eigenvalue weighted by atomic mass is 10.1. The minimum atomic E-state index is -2.94. The van der Waals surface area contributed by atoms with Crippen LogP contribution in [0.15, 0.2) is 22.1 Å². The summed E-state index contributed by atoms with van der Waals surface area (Å²) >= 11 is 1.38. The molecule has 3 rings (SSSR count). The van der Waals surface area contributed by atoms with Gasteiger partial charge < -0.3 is 9.52 Å². The summed E-state index contributed by atoms with van der Waals surface area (Å²) in [6.45, 7) is 0. The average molecular weight is 313 g/mol. The van der Waals surface area contributed by atoms with Crippen LogP contribution in [0.1, 0.15) is 27.7 Å². The lowest BCUT2D eigenvalue weighted by Crippen LogP contribution is -2.03. The maximum Gasteiger partial charge on any atom is 0.338 e. The molecule has 0 spiro atoms. The molecular formula is C12H11NO5S2. The van der Waals surface area contributed by atoms with Crippen molar-refractivity contribution >= 4 is 27.1 Å². The number of aromatic nitrogens is 1. The molecule has 1 fully saturated rings. The van der Waals surface area contributed by atoms with Gasteiger partial charge in [0.25, 0.3) is 0 Å². The summed E-state index contributed by atoms with van der Waals surface area (Å²) in [5.74, 6) is -0.398. The molecule has 106 valence electrons. The van der Waals surface area contributed by atoms with Crippen LogP contribution in [-0.4, -0.2) is 36.0 Å². The molecule has 0 amide bonds. The number of rotatable bonds is 3. The Morgan fingerprint density at radius 3 is 2.90 bits per heavy atom. The van der Waals surface area contributed by atoms with E-state index in [0.717, 1.165) is 11.3 Å². The summed E-state index contributed by atoms with van der Waals surface area (Å²) in [5, 5.41) is 11.3. The average Bonchev–Trinajstić information content (AvgIpc) is 3.04. The first-order valence-corrected chi connectivity index (χ1v) is 8.63. The molecule has 0 bridgehead atoms. The van der Waals surface area contributed by atoms with Crippen molar-refractivity contribution in [3.05, 3.63) is 28.3 Å². The van der Waals surface area contributed by atoms with E-state index in [9.17, 15) is 13.2 Å². The van der Waals surface area contributed by atoms with E-state index in [1.807, 2.05) is 0 Å². The van der Waals surface area contributed by atoms with Crippen LogP contribution in [0.4, 0.5) is 0 Å². The van der Waals surface area contributed by atoms with Crippen LogP contribution in [0.3, 0.4) is 0 Å². The van der Waals surface area contributed by atoms with E-state index in [4.69, 9.17) is 9.52 Å². The van der Waals surface area contributed by atoms with Crippen molar-refractivity contribution in [2.24, 2.45) is 0 Å². The Hall–Kier alpha value is -1.67. The normalized spacial score (nSPS) is 21.1. The Morgan fingerprint density at radius 1 is 1.50 bits per heavy atom. The van der Waals surface area contributed by atoms with Crippen LogP contribution in [-0.2, 0) is 9.84 Å². The summed E-state index contributed by atoms with van der Waals surface area (Å²) in [6.07, 6.45) is 1.75. The SMILES string of the molecule is O=C(O)c1coc(-c2csc(C3CCS(=O)(=O)C3)n2)c1. The summed E-state index contributed by atoms with van der Waals surface area (Å²) in [6, 6.07) is 1.41. The summed E-state index contributed by atoms with van der Waals surface area (Å²) < 4.78 is 28.1. The van der Waals surface area contributed by atoms with Crippen LogP contribution >= 0.6 is 11.3 Å². The van der Waals surface area contributed by atoms with Crippen molar-refractivity contribution in [1.29, 1.82) is 0 Å². The zero-order valence-corrected chi connectivity index (χ0v) is 11.9. The van der Waals surface area contributed by atoms with Gasteiger partial charge in [-0.1, -0.05) is 0 Å². The lowest BCUT2D eigenvalue weighted by Gasteiger charge is -2.00. The summed E-state index contributed by atoms with van der Waals surface area (Å²) in [7, 11) is -2.94. The van der Waals surface area contributed by atoms with E-state index in [1.165, 1.54) is 17.4 Å². The molecule has 2 aromatic rings. The molecule has 1 aliphatic rings. The number of carbonyl (C=O) groups is 1. The molecule has 1 atom stereocenters. The number of thiazole rings is 1. The fraction of sp³-hybridized carbons (Fsp3) is 0.333. The van der Waals surface area contributed by atoms with Crippen molar-refractivity contribution in [1.82, 2.24) is 4.98 Å². The van der Waals surface area contributed by atoms with Crippen molar-refractivity contribution < 1.29 is 22.7 Å². The van der Waals surface area contributed by atoms with Crippen LogP contribution in [0.2, 0.25) is 0 Å². The van der Waals surface area contributed by atoms with Crippen molar-refractivity contribution in [2.45, 2.75) is 12.3 Å². The van der Waals surface area contributed by atoms with Gasteiger partial charge in [0.1, 0.15) is 12.0 Å². The van der Waals surface area contributed by atoms with Gasteiger partial charge in [0, 0.05) is 17.4 Å². The van der Waals surface area contributed by atoms with Crippen LogP contribution in [0.5, 0.6) is 0 Å². The van der Waals surface area contributed by atoms with E-state index in [0.29, 0.717) is 17.9 Å². The number of sulfone groups is 1. The third-order valence-corrected chi connectivity index (χ3v) is 5.98. The molecule has 1 N–H and O–H groups in total. The fourth-order valence-corrected chi connectivity index (χ4v) is 4.96. The van der Waals surface area contributed by atoms with Gasteiger partial charge in [-0.2, -0.15) is 0 Å². The number of aromatic carboxylic acids is 1. The standard InChI is InChI=1S/C12H11NO5S2/c14-12(15)8-3-10(18-4-8)9-5-19-11(13-9)7-1-2-20(16,17)6-7/h3-5,7H,1-2,6H2,(H,14,15). The third kappa shape index (κ3) is 2.48. The molecule has 1 unspecified atom stereocenters. The molecule has 2 aromatic heterocycles. The van der Waals surface area contributed by atoms with Crippen molar-refractivity contribution in [3.8, 4) is 11.5 Å². The molecule has 8 heteroatoms. The van der Waals surface area contributed by atoms with Gasteiger partial charge in [-0.25, -0.2) is 18.2 Å². The third-order valence-electron chi connectivity index (χ3n) is 3.20. The van der Waals surface area contributed by atoms with Crippen LogP contribution in [0, 0.1) is 0 Å². The zero-order valence-electron chi connectivity index (χ0n) is 10.3. The predicted octanol–water partition coefficient (Wildman–Crippen LogP) is 2.00. The van der Waals surface area contributed by atoms with Crippen molar-refractivity contribution in [2.75, 3.05) is 11.5 Å². The number of carboxylic acid groups (broad SMARTS) is 1.